The van der Waals surface area contributed by atoms with Crippen molar-refractivity contribution < 1.29 is 9.26 Å². The highest BCUT2D eigenvalue weighted by Crippen LogP contribution is 2.22. The van der Waals surface area contributed by atoms with Gasteiger partial charge in [-0.05, 0) is 19.8 Å². The van der Waals surface area contributed by atoms with E-state index in [1.54, 1.807) is 0 Å². The lowest BCUT2D eigenvalue weighted by Gasteiger charge is -2.11. The van der Waals surface area contributed by atoms with Crippen LogP contribution in [0.4, 0.5) is 0 Å². The molecule has 0 bridgehead atoms. The number of hydrogen-bond donors (Lipinski definition) is 1. The van der Waals surface area contributed by atoms with Crippen molar-refractivity contribution in [2.75, 3.05) is 6.61 Å². The normalized spacial score (nSPS) is 14.7. The summed E-state index contributed by atoms with van der Waals surface area (Å²) in [6, 6.07) is -0.157. The molecule has 0 aliphatic carbocycles. The van der Waals surface area contributed by atoms with Gasteiger partial charge in [0, 0.05) is 6.61 Å². The van der Waals surface area contributed by atoms with Crippen molar-refractivity contribution in [3.05, 3.63) is 11.7 Å². The highest BCUT2D eigenvalue weighted by molar-refractivity contribution is 4.95. The minimum absolute atomic E-state index is 0.0733. The number of rotatable bonds is 9. The molecule has 1 aromatic rings. The highest BCUT2D eigenvalue weighted by Gasteiger charge is 2.20. The van der Waals surface area contributed by atoms with Crippen LogP contribution in [-0.4, -0.2) is 16.7 Å². The zero-order valence-corrected chi connectivity index (χ0v) is 11.7. The molecule has 2 N–H and O–H groups in total. The van der Waals surface area contributed by atoms with E-state index in [1.807, 2.05) is 6.92 Å². The summed E-state index contributed by atoms with van der Waals surface area (Å²) in [7, 11) is 0. The van der Waals surface area contributed by atoms with E-state index in [1.165, 1.54) is 0 Å². The van der Waals surface area contributed by atoms with Crippen molar-refractivity contribution in [2.24, 2.45) is 5.73 Å². The molecule has 0 saturated heterocycles. The standard InChI is InChI=1S/C13H25N3O2/c1-4-7-9-10(14)13-15-12(16-18-13)11(8-5-2)17-6-3/h10-11H,4-9,14H2,1-3H3/t10-,11?/m0/s1. The Labute approximate surface area is 109 Å². The molecule has 5 heteroatoms. The summed E-state index contributed by atoms with van der Waals surface area (Å²) in [6.07, 6.45) is 4.92. The second-order valence-corrected chi connectivity index (χ2v) is 4.47. The average Bonchev–Trinajstić information content (AvgIpc) is 2.85. The fourth-order valence-corrected chi connectivity index (χ4v) is 1.83. The predicted octanol–water partition coefficient (Wildman–Crippen LogP) is 3.14. The van der Waals surface area contributed by atoms with Gasteiger partial charge in [-0.1, -0.05) is 38.3 Å². The van der Waals surface area contributed by atoms with Crippen molar-refractivity contribution in [3.8, 4) is 0 Å². The van der Waals surface area contributed by atoms with E-state index >= 15 is 0 Å². The van der Waals surface area contributed by atoms with Gasteiger partial charge in [-0.3, -0.25) is 0 Å². The third-order valence-electron chi connectivity index (χ3n) is 2.85. The van der Waals surface area contributed by atoms with E-state index in [9.17, 15) is 0 Å². The van der Waals surface area contributed by atoms with E-state index in [4.69, 9.17) is 15.0 Å². The summed E-state index contributed by atoms with van der Waals surface area (Å²) < 4.78 is 10.8. The second kappa shape index (κ2) is 8.21. The first-order valence-electron chi connectivity index (χ1n) is 6.93. The first kappa shape index (κ1) is 15.1. The zero-order chi connectivity index (χ0) is 13.4. The van der Waals surface area contributed by atoms with Crippen LogP contribution in [0.2, 0.25) is 0 Å². The van der Waals surface area contributed by atoms with Gasteiger partial charge in [-0.15, -0.1) is 0 Å². The molecule has 104 valence electrons. The van der Waals surface area contributed by atoms with E-state index in [0.717, 1.165) is 32.1 Å². The summed E-state index contributed by atoms with van der Waals surface area (Å²) in [5, 5.41) is 3.99. The van der Waals surface area contributed by atoms with E-state index in [2.05, 4.69) is 24.0 Å². The van der Waals surface area contributed by atoms with Crippen LogP contribution < -0.4 is 5.73 Å². The van der Waals surface area contributed by atoms with Crippen molar-refractivity contribution in [1.29, 1.82) is 0 Å². The van der Waals surface area contributed by atoms with Gasteiger partial charge < -0.3 is 15.0 Å². The quantitative estimate of drug-likeness (QED) is 0.733. The lowest BCUT2D eigenvalue weighted by atomic mass is 10.1. The molecule has 18 heavy (non-hydrogen) atoms. The van der Waals surface area contributed by atoms with Gasteiger partial charge in [0.25, 0.3) is 0 Å². The number of nitrogens with zero attached hydrogens (tertiary/aromatic N) is 2. The molecule has 0 aromatic carbocycles. The number of nitrogens with two attached hydrogens (primary N) is 1. The molecule has 5 nitrogen and oxygen atoms in total. The molecule has 0 amide bonds. The molecule has 0 aliphatic rings. The maximum atomic E-state index is 6.01. The van der Waals surface area contributed by atoms with Gasteiger partial charge in [0.15, 0.2) is 0 Å². The third-order valence-corrected chi connectivity index (χ3v) is 2.85. The minimum atomic E-state index is -0.157. The Hall–Kier alpha value is -0.940. The van der Waals surface area contributed by atoms with E-state index in [0.29, 0.717) is 18.3 Å². The molecule has 0 spiro atoms. The number of ether oxygens (including phenoxy) is 1. The topological polar surface area (TPSA) is 74.2 Å². The van der Waals surface area contributed by atoms with Gasteiger partial charge >= 0.3 is 0 Å². The largest absolute Gasteiger partial charge is 0.370 e. The lowest BCUT2D eigenvalue weighted by Crippen LogP contribution is -2.11. The van der Waals surface area contributed by atoms with Crippen molar-refractivity contribution in [3.63, 3.8) is 0 Å². The van der Waals surface area contributed by atoms with E-state index < -0.39 is 0 Å². The van der Waals surface area contributed by atoms with Crippen molar-refractivity contribution >= 4 is 0 Å². The SMILES string of the molecule is CCCC[C@H](N)c1nc(C(CCC)OCC)no1. The van der Waals surface area contributed by atoms with Gasteiger partial charge in [-0.2, -0.15) is 4.98 Å². The van der Waals surface area contributed by atoms with Crippen LogP contribution in [0.3, 0.4) is 0 Å². The molecule has 1 rings (SSSR count). The first-order chi connectivity index (χ1) is 8.72. The molecule has 2 atom stereocenters. The van der Waals surface area contributed by atoms with Crippen LogP contribution in [0, 0.1) is 0 Å². The van der Waals surface area contributed by atoms with Gasteiger partial charge in [0.2, 0.25) is 11.7 Å². The van der Waals surface area contributed by atoms with Crippen LogP contribution in [0.1, 0.15) is 76.7 Å². The summed E-state index contributed by atoms with van der Waals surface area (Å²) in [6.45, 7) is 6.87. The van der Waals surface area contributed by atoms with Gasteiger partial charge in [-0.25, -0.2) is 0 Å². The fourth-order valence-electron chi connectivity index (χ4n) is 1.83. The second-order valence-electron chi connectivity index (χ2n) is 4.47. The Morgan fingerprint density at radius 3 is 2.61 bits per heavy atom. The molecule has 0 radical (unpaired) electrons. The van der Waals surface area contributed by atoms with Crippen LogP contribution in [0.5, 0.6) is 0 Å². The van der Waals surface area contributed by atoms with Gasteiger partial charge in [0.05, 0.1) is 6.04 Å². The summed E-state index contributed by atoms with van der Waals surface area (Å²) >= 11 is 0. The van der Waals surface area contributed by atoms with Crippen LogP contribution in [0.25, 0.3) is 0 Å². The number of aromatic nitrogens is 2. The highest BCUT2D eigenvalue weighted by atomic mass is 16.5. The van der Waals surface area contributed by atoms with Gasteiger partial charge in [0.1, 0.15) is 6.10 Å². The van der Waals surface area contributed by atoms with Crippen molar-refractivity contribution in [1.82, 2.24) is 10.1 Å². The molecule has 0 aliphatic heterocycles. The van der Waals surface area contributed by atoms with Crippen LogP contribution >= 0.6 is 0 Å². The molecular weight excluding hydrogens is 230 g/mol. The smallest absolute Gasteiger partial charge is 0.243 e. The van der Waals surface area contributed by atoms with Crippen molar-refractivity contribution in [2.45, 2.75) is 65.0 Å². The average molecular weight is 255 g/mol. The summed E-state index contributed by atoms with van der Waals surface area (Å²) in [5.74, 6) is 1.15. The summed E-state index contributed by atoms with van der Waals surface area (Å²) in [5.41, 5.74) is 6.01. The third kappa shape index (κ3) is 4.38. The van der Waals surface area contributed by atoms with Crippen LogP contribution in [-0.2, 0) is 4.74 Å². The maximum Gasteiger partial charge on any atom is 0.243 e. The first-order valence-corrected chi connectivity index (χ1v) is 6.93. The van der Waals surface area contributed by atoms with E-state index in [-0.39, 0.29) is 12.1 Å². The predicted molar refractivity (Wildman–Crippen MR) is 70.0 cm³/mol. The Morgan fingerprint density at radius 2 is 2.00 bits per heavy atom. The van der Waals surface area contributed by atoms with Crippen LogP contribution in [0.15, 0.2) is 4.52 Å². The molecule has 0 fully saturated rings. The molecule has 1 heterocycles. The fraction of sp³-hybridized carbons (Fsp3) is 0.846. The monoisotopic (exact) mass is 255 g/mol. The Kier molecular flexibility index (Phi) is 6.90. The number of hydrogen-bond acceptors (Lipinski definition) is 5. The Morgan fingerprint density at radius 1 is 1.22 bits per heavy atom. The minimum Gasteiger partial charge on any atom is -0.370 e. The summed E-state index contributed by atoms with van der Waals surface area (Å²) in [4.78, 5) is 4.37. The molecular formula is C13H25N3O2. The maximum absolute atomic E-state index is 6.01. The Bertz CT molecular complexity index is 322. The Balaban J connectivity index is 2.64. The molecule has 1 unspecified atom stereocenters. The zero-order valence-electron chi connectivity index (χ0n) is 11.7. The number of unbranched alkanes of at least 4 members (excludes halogenated alkanes) is 1. The lowest BCUT2D eigenvalue weighted by molar-refractivity contribution is 0.0477. The molecule has 1 aromatic heterocycles. The molecule has 0 saturated carbocycles.